The fraction of sp³-hybridized carbons (Fsp3) is 0.429. The van der Waals surface area contributed by atoms with Crippen molar-refractivity contribution in [3.8, 4) is 0 Å². The van der Waals surface area contributed by atoms with Crippen LogP contribution in [0.1, 0.15) is 35.8 Å². The van der Waals surface area contributed by atoms with E-state index in [-0.39, 0.29) is 5.56 Å². The van der Waals surface area contributed by atoms with Crippen LogP contribution >= 0.6 is 0 Å². The number of hydrogen-bond acceptors (Lipinski definition) is 7. The van der Waals surface area contributed by atoms with E-state index < -0.39 is 0 Å². The fourth-order valence-corrected chi connectivity index (χ4v) is 4.29. The van der Waals surface area contributed by atoms with E-state index in [1.54, 1.807) is 6.33 Å². The van der Waals surface area contributed by atoms with Gasteiger partial charge in [0.05, 0.1) is 43.1 Å². The van der Waals surface area contributed by atoms with E-state index in [0.717, 1.165) is 78.6 Å². The van der Waals surface area contributed by atoms with Crippen LogP contribution in [0.25, 0.3) is 10.9 Å². The molecule has 1 saturated carbocycles. The average Bonchev–Trinajstić information content (AvgIpc) is 3.52. The lowest BCUT2D eigenvalue weighted by atomic mass is 10.1. The van der Waals surface area contributed by atoms with E-state index in [0.29, 0.717) is 19.0 Å². The van der Waals surface area contributed by atoms with E-state index in [4.69, 9.17) is 9.72 Å². The molecule has 0 radical (unpaired) electrons. The standard InChI is InChI=1S/C21H22N6O2/c28-21-16-10-27(11-18(16)24-19(25-21)13-1-2-13)20-15-9-14(26-5-7-29-8-6-26)3-4-17(15)22-12-23-20/h3-4,9,12-13H,1-2,5-8,10-11H2,(H,24,25,28). The van der Waals surface area contributed by atoms with Gasteiger partial charge in [-0.15, -0.1) is 0 Å². The Kier molecular flexibility index (Phi) is 3.80. The van der Waals surface area contributed by atoms with E-state index in [9.17, 15) is 4.79 Å². The maximum atomic E-state index is 12.6. The second-order valence-electron chi connectivity index (χ2n) is 8.00. The molecule has 6 rings (SSSR count). The molecule has 1 aromatic carbocycles. The number of H-pyrrole nitrogens is 1. The maximum absolute atomic E-state index is 12.6. The van der Waals surface area contributed by atoms with Crippen molar-refractivity contribution in [3.05, 3.63) is 52.0 Å². The smallest absolute Gasteiger partial charge is 0.256 e. The van der Waals surface area contributed by atoms with Crippen LogP contribution in [0.4, 0.5) is 11.5 Å². The van der Waals surface area contributed by atoms with Crippen LogP contribution in [-0.4, -0.2) is 46.2 Å². The molecule has 0 unspecified atom stereocenters. The first-order chi connectivity index (χ1) is 14.3. The van der Waals surface area contributed by atoms with E-state index >= 15 is 0 Å². The van der Waals surface area contributed by atoms with Gasteiger partial charge < -0.3 is 19.5 Å². The molecule has 2 fully saturated rings. The molecule has 0 spiro atoms. The first kappa shape index (κ1) is 16.9. The number of hydrogen-bond donors (Lipinski definition) is 1. The van der Waals surface area contributed by atoms with E-state index in [1.165, 1.54) is 0 Å². The normalized spacial score (nSPS) is 19.0. The molecular formula is C21H22N6O2. The molecular weight excluding hydrogens is 368 g/mol. The lowest BCUT2D eigenvalue weighted by Crippen LogP contribution is -2.36. The van der Waals surface area contributed by atoms with Crippen molar-refractivity contribution in [2.45, 2.75) is 31.8 Å². The van der Waals surface area contributed by atoms with Crippen molar-refractivity contribution in [3.63, 3.8) is 0 Å². The van der Waals surface area contributed by atoms with E-state index in [2.05, 4.69) is 36.9 Å². The summed E-state index contributed by atoms with van der Waals surface area (Å²) in [6.07, 6.45) is 3.83. The van der Waals surface area contributed by atoms with Crippen LogP contribution in [0.5, 0.6) is 0 Å². The molecule has 1 N–H and O–H groups in total. The fourth-order valence-electron chi connectivity index (χ4n) is 4.29. The summed E-state index contributed by atoms with van der Waals surface area (Å²) in [4.78, 5) is 33.8. The maximum Gasteiger partial charge on any atom is 0.256 e. The monoisotopic (exact) mass is 390 g/mol. The summed E-state index contributed by atoms with van der Waals surface area (Å²) in [5, 5.41) is 1.00. The van der Waals surface area contributed by atoms with Gasteiger partial charge in [-0.2, -0.15) is 0 Å². The van der Waals surface area contributed by atoms with Crippen LogP contribution in [0.15, 0.2) is 29.3 Å². The third-order valence-corrected chi connectivity index (χ3v) is 6.05. The Bertz CT molecular complexity index is 1150. The van der Waals surface area contributed by atoms with Crippen molar-refractivity contribution in [1.29, 1.82) is 0 Å². The Morgan fingerprint density at radius 2 is 1.93 bits per heavy atom. The topological polar surface area (TPSA) is 87.2 Å². The Morgan fingerprint density at radius 3 is 2.76 bits per heavy atom. The quantitative estimate of drug-likeness (QED) is 0.731. The zero-order valence-electron chi connectivity index (χ0n) is 16.1. The molecule has 3 aliphatic rings. The van der Waals surface area contributed by atoms with Gasteiger partial charge in [0.2, 0.25) is 0 Å². The number of ether oxygens (including phenoxy) is 1. The van der Waals surface area contributed by atoms with Crippen LogP contribution in [0, 0.1) is 0 Å². The minimum atomic E-state index is -0.00762. The van der Waals surface area contributed by atoms with Gasteiger partial charge in [0.1, 0.15) is 18.0 Å². The predicted molar refractivity (Wildman–Crippen MR) is 109 cm³/mol. The minimum Gasteiger partial charge on any atom is -0.378 e. The van der Waals surface area contributed by atoms with Gasteiger partial charge in [0.15, 0.2) is 0 Å². The molecule has 148 valence electrons. The number of fused-ring (bicyclic) bond motifs is 2. The molecule has 29 heavy (non-hydrogen) atoms. The third-order valence-electron chi connectivity index (χ3n) is 6.05. The Hall–Kier alpha value is -3.00. The molecule has 3 aromatic rings. The summed E-state index contributed by atoms with van der Waals surface area (Å²) in [5.41, 5.74) is 3.69. The molecule has 0 atom stereocenters. The minimum absolute atomic E-state index is 0.00762. The van der Waals surface area contributed by atoms with Crippen LogP contribution in [0.3, 0.4) is 0 Å². The van der Waals surface area contributed by atoms with Gasteiger partial charge in [-0.25, -0.2) is 15.0 Å². The van der Waals surface area contributed by atoms with Crippen molar-refractivity contribution >= 4 is 22.4 Å². The molecule has 0 amide bonds. The largest absolute Gasteiger partial charge is 0.378 e. The number of rotatable bonds is 3. The van der Waals surface area contributed by atoms with Gasteiger partial charge in [-0.05, 0) is 31.0 Å². The van der Waals surface area contributed by atoms with Gasteiger partial charge in [0, 0.05) is 30.1 Å². The highest BCUT2D eigenvalue weighted by molar-refractivity contribution is 5.92. The summed E-state index contributed by atoms with van der Waals surface area (Å²) in [6.45, 7) is 4.38. The molecule has 8 heteroatoms. The number of nitrogens with one attached hydrogen (secondary N) is 1. The lowest BCUT2D eigenvalue weighted by molar-refractivity contribution is 0.122. The number of benzene rings is 1. The summed E-state index contributed by atoms with van der Waals surface area (Å²) < 4.78 is 5.48. The Morgan fingerprint density at radius 1 is 1.07 bits per heavy atom. The number of anilines is 2. The van der Waals surface area contributed by atoms with E-state index in [1.807, 2.05) is 6.07 Å². The van der Waals surface area contributed by atoms with Crippen molar-refractivity contribution in [2.24, 2.45) is 0 Å². The third kappa shape index (κ3) is 2.95. The molecule has 1 saturated heterocycles. The van der Waals surface area contributed by atoms with Crippen LogP contribution in [0.2, 0.25) is 0 Å². The summed E-state index contributed by atoms with van der Waals surface area (Å²) in [6, 6.07) is 6.31. The zero-order chi connectivity index (χ0) is 19.4. The molecule has 2 aliphatic heterocycles. The Balaban J connectivity index is 1.38. The van der Waals surface area contributed by atoms with Crippen molar-refractivity contribution in [2.75, 3.05) is 36.1 Å². The first-order valence-electron chi connectivity index (χ1n) is 10.2. The first-order valence-corrected chi connectivity index (χ1v) is 10.2. The van der Waals surface area contributed by atoms with Crippen LogP contribution in [-0.2, 0) is 17.8 Å². The number of morpholine rings is 1. The van der Waals surface area contributed by atoms with Crippen LogP contribution < -0.4 is 15.4 Å². The second-order valence-corrected chi connectivity index (χ2v) is 8.00. The lowest BCUT2D eigenvalue weighted by Gasteiger charge is -2.29. The second kappa shape index (κ2) is 6.52. The molecule has 4 heterocycles. The highest BCUT2D eigenvalue weighted by Gasteiger charge is 2.31. The predicted octanol–water partition coefficient (Wildman–Crippen LogP) is 1.95. The van der Waals surface area contributed by atoms with Crippen molar-refractivity contribution in [1.82, 2.24) is 19.9 Å². The summed E-state index contributed by atoms with van der Waals surface area (Å²) in [7, 11) is 0. The molecule has 1 aliphatic carbocycles. The van der Waals surface area contributed by atoms with Gasteiger partial charge >= 0.3 is 0 Å². The highest BCUT2D eigenvalue weighted by atomic mass is 16.5. The highest BCUT2D eigenvalue weighted by Crippen LogP contribution is 2.38. The van der Waals surface area contributed by atoms with Gasteiger partial charge in [-0.3, -0.25) is 4.79 Å². The SMILES string of the molecule is O=c1[nH]c(C2CC2)nc2c1CN(c1ncnc3ccc(N4CCOCC4)cc13)C2. The Labute approximate surface area is 167 Å². The molecule has 2 aromatic heterocycles. The zero-order valence-corrected chi connectivity index (χ0v) is 16.1. The number of aromatic amines is 1. The average molecular weight is 390 g/mol. The summed E-state index contributed by atoms with van der Waals surface area (Å²) >= 11 is 0. The van der Waals surface area contributed by atoms with Crippen molar-refractivity contribution < 1.29 is 4.74 Å². The van der Waals surface area contributed by atoms with Gasteiger partial charge in [0.25, 0.3) is 5.56 Å². The summed E-state index contributed by atoms with van der Waals surface area (Å²) in [5.74, 6) is 2.13. The molecule has 8 nitrogen and oxygen atoms in total. The molecule has 0 bridgehead atoms. The number of aromatic nitrogens is 4. The number of nitrogens with zero attached hydrogens (tertiary/aromatic N) is 5. The van der Waals surface area contributed by atoms with Gasteiger partial charge in [-0.1, -0.05) is 0 Å².